The molecule has 0 bridgehead atoms. The molecule has 30 heavy (non-hydrogen) atoms. The highest BCUT2D eigenvalue weighted by Crippen LogP contribution is 2.27. The van der Waals surface area contributed by atoms with Crippen LogP contribution in [0, 0.1) is 12.7 Å². The molecular formula is C23H20FN3O2S. The zero-order valence-electron chi connectivity index (χ0n) is 16.3. The van der Waals surface area contributed by atoms with Crippen molar-refractivity contribution in [3.63, 3.8) is 0 Å². The first-order valence-corrected chi connectivity index (χ1v) is 10.8. The maximum absolute atomic E-state index is 13.5. The van der Waals surface area contributed by atoms with E-state index in [0.29, 0.717) is 11.4 Å². The molecule has 0 aliphatic heterocycles. The number of halogens is 1. The molecule has 5 nitrogen and oxygen atoms in total. The second kappa shape index (κ2) is 8.12. The quantitative estimate of drug-likeness (QED) is 0.453. The number of benzene rings is 3. The van der Waals surface area contributed by atoms with Gasteiger partial charge in [-0.15, -0.1) is 0 Å². The third kappa shape index (κ3) is 4.11. The van der Waals surface area contributed by atoms with Gasteiger partial charge in [-0.1, -0.05) is 48.0 Å². The van der Waals surface area contributed by atoms with Crippen molar-refractivity contribution in [2.45, 2.75) is 18.4 Å². The lowest BCUT2D eigenvalue weighted by atomic mass is 10.2. The molecule has 152 valence electrons. The van der Waals surface area contributed by atoms with Gasteiger partial charge in [-0.2, -0.15) is 5.10 Å². The molecular weight excluding hydrogens is 401 g/mol. The maximum Gasteiger partial charge on any atom is 0.264 e. The molecule has 4 aromatic rings. The van der Waals surface area contributed by atoms with Gasteiger partial charge in [0.1, 0.15) is 5.82 Å². The molecule has 3 aromatic carbocycles. The summed E-state index contributed by atoms with van der Waals surface area (Å²) in [6, 6.07) is 22.0. The summed E-state index contributed by atoms with van der Waals surface area (Å²) in [5.74, 6) is -0.348. The minimum absolute atomic E-state index is 0.159. The summed E-state index contributed by atoms with van der Waals surface area (Å²) < 4.78 is 43.0. The Balaban J connectivity index is 1.76. The van der Waals surface area contributed by atoms with Gasteiger partial charge in [0.25, 0.3) is 10.0 Å². The molecule has 0 unspecified atom stereocenters. The van der Waals surface area contributed by atoms with E-state index in [1.165, 1.54) is 27.3 Å². The van der Waals surface area contributed by atoms with E-state index in [4.69, 9.17) is 0 Å². The Morgan fingerprint density at radius 1 is 0.933 bits per heavy atom. The number of hydrogen-bond acceptors (Lipinski definition) is 3. The highest BCUT2D eigenvalue weighted by atomic mass is 32.2. The SMILES string of the molecule is Cc1ccc(S(=O)(=O)N(Cc2ccccc2)c2cnn(-c3ccc(F)cc3)c2)cc1. The van der Waals surface area contributed by atoms with Crippen molar-refractivity contribution < 1.29 is 12.8 Å². The fourth-order valence-corrected chi connectivity index (χ4v) is 4.50. The fraction of sp³-hybridized carbons (Fsp3) is 0.0870. The topological polar surface area (TPSA) is 55.2 Å². The summed E-state index contributed by atoms with van der Waals surface area (Å²) in [4.78, 5) is 0.207. The van der Waals surface area contributed by atoms with E-state index in [0.717, 1.165) is 11.1 Å². The van der Waals surface area contributed by atoms with E-state index in [-0.39, 0.29) is 17.3 Å². The minimum atomic E-state index is -3.82. The molecule has 0 fully saturated rings. The molecule has 0 amide bonds. The molecule has 0 N–H and O–H groups in total. The molecule has 0 aliphatic rings. The third-order valence-corrected chi connectivity index (χ3v) is 6.51. The summed E-state index contributed by atoms with van der Waals surface area (Å²) >= 11 is 0. The van der Waals surface area contributed by atoms with Crippen molar-refractivity contribution >= 4 is 15.7 Å². The van der Waals surface area contributed by atoms with Crippen LogP contribution in [0.2, 0.25) is 0 Å². The average Bonchev–Trinajstić information content (AvgIpc) is 3.23. The number of hydrogen-bond donors (Lipinski definition) is 0. The Kier molecular flexibility index (Phi) is 5.37. The van der Waals surface area contributed by atoms with Crippen molar-refractivity contribution in [3.05, 3.63) is 108 Å². The first kappa shape index (κ1) is 19.8. The summed E-state index contributed by atoms with van der Waals surface area (Å²) in [7, 11) is -3.82. The van der Waals surface area contributed by atoms with Crippen molar-refractivity contribution in [1.29, 1.82) is 0 Å². The predicted octanol–water partition coefficient (Wildman–Crippen LogP) is 4.72. The summed E-state index contributed by atoms with van der Waals surface area (Å²) in [5, 5.41) is 4.29. The van der Waals surface area contributed by atoms with E-state index < -0.39 is 10.0 Å². The van der Waals surface area contributed by atoms with Crippen LogP contribution in [0.4, 0.5) is 10.1 Å². The van der Waals surface area contributed by atoms with Gasteiger partial charge >= 0.3 is 0 Å². The molecule has 7 heteroatoms. The number of aryl methyl sites for hydroxylation is 1. The monoisotopic (exact) mass is 421 g/mol. The van der Waals surface area contributed by atoms with Crippen LogP contribution in [-0.2, 0) is 16.6 Å². The zero-order valence-corrected chi connectivity index (χ0v) is 17.1. The predicted molar refractivity (Wildman–Crippen MR) is 115 cm³/mol. The molecule has 0 aliphatic carbocycles. The van der Waals surface area contributed by atoms with E-state index in [1.807, 2.05) is 37.3 Å². The lowest BCUT2D eigenvalue weighted by Crippen LogP contribution is -2.30. The van der Waals surface area contributed by atoms with Crippen molar-refractivity contribution in [3.8, 4) is 5.69 Å². The molecule has 4 rings (SSSR count). The lowest BCUT2D eigenvalue weighted by Gasteiger charge is -2.23. The van der Waals surface area contributed by atoms with Gasteiger partial charge in [-0.05, 0) is 48.9 Å². The molecule has 0 saturated heterocycles. The van der Waals surface area contributed by atoms with Crippen molar-refractivity contribution in [1.82, 2.24) is 9.78 Å². The minimum Gasteiger partial charge on any atom is -0.259 e. The Hall–Kier alpha value is -3.45. The number of sulfonamides is 1. The summed E-state index contributed by atoms with van der Waals surface area (Å²) in [5.41, 5.74) is 2.88. The first-order valence-electron chi connectivity index (χ1n) is 9.37. The van der Waals surface area contributed by atoms with Crippen molar-refractivity contribution in [2.75, 3.05) is 4.31 Å². The second-order valence-corrected chi connectivity index (χ2v) is 8.79. The first-order chi connectivity index (χ1) is 14.4. The van der Waals surface area contributed by atoms with Crippen molar-refractivity contribution in [2.24, 2.45) is 0 Å². The van der Waals surface area contributed by atoms with Gasteiger partial charge in [-0.3, -0.25) is 4.31 Å². The van der Waals surface area contributed by atoms with Gasteiger partial charge in [0, 0.05) is 0 Å². The normalized spacial score (nSPS) is 11.4. The Labute approximate surface area is 175 Å². The van der Waals surface area contributed by atoms with Gasteiger partial charge in [0.2, 0.25) is 0 Å². The number of aromatic nitrogens is 2. The van der Waals surface area contributed by atoms with Crippen LogP contribution < -0.4 is 4.31 Å². The zero-order chi connectivity index (χ0) is 21.1. The lowest BCUT2D eigenvalue weighted by molar-refractivity contribution is 0.590. The van der Waals surface area contributed by atoms with Gasteiger partial charge < -0.3 is 0 Å². The van der Waals surface area contributed by atoms with E-state index in [9.17, 15) is 12.8 Å². The smallest absolute Gasteiger partial charge is 0.259 e. The molecule has 0 atom stereocenters. The number of nitrogens with zero attached hydrogens (tertiary/aromatic N) is 3. The number of anilines is 1. The maximum atomic E-state index is 13.5. The van der Waals surface area contributed by atoms with E-state index >= 15 is 0 Å². The van der Waals surface area contributed by atoms with Crippen LogP contribution in [0.1, 0.15) is 11.1 Å². The van der Waals surface area contributed by atoms with Crippen LogP contribution >= 0.6 is 0 Å². The van der Waals surface area contributed by atoms with Crippen LogP contribution in [-0.4, -0.2) is 18.2 Å². The second-order valence-electron chi connectivity index (χ2n) is 6.93. The molecule has 1 aromatic heterocycles. The third-order valence-electron chi connectivity index (χ3n) is 4.73. The molecule has 1 heterocycles. The molecule has 0 spiro atoms. The molecule has 0 radical (unpaired) electrons. The van der Waals surface area contributed by atoms with Crippen LogP contribution in [0.15, 0.2) is 96.2 Å². The standard InChI is InChI=1S/C23H20FN3O2S/c1-18-7-13-23(14-8-18)30(28,29)27(16-19-5-3-2-4-6-19)22-15-25-26(17-22)21-11-9-20(24)10-12-21/h2-15,17H,16H2,1H3. The Morgan fingerprint density at radius 3 is 2.27 bits per heavy atom. The molecule has 0 saturated carbocycles. The van der Waals surface area contributed by atoms with Gasteiger partial charge in [-0.25, -0.2) is 17.5 Å². The van der Waals surface area contributed by atoms with Crippen LogP contribution in [0.3, 0.4) is 0 Å². The van der Waals surface area contributed by atoms with E-state index in [2.05, 4.69) is 5.10 Å². The fourth-order valence-electron chi connectivity index (χ4n) is 3.08. The van der Waals surface area contributed by atoms with Gasteiger partial charge in [0.05, 0.1) is 35.2 Å². The number of rotatable bonds is 6. The Bertz CT molecular complexity index is 1240. The Morgan fingerprint density at radius 2 is 1.60 bits per heavy atom. The summed E-state index contributed by atoms with van der Waals surface area (Å²) in [6.45, 7) is 2.07. The highest BCUT2D eigenvalue weighted by Gasteiger charge is 2.26. The summed E-state index contributed by atoms with van der Waals surface area (Å²) in [6.07, 6.45) is 3.12. The van der Waals surface area contributed by atoms with Crippen LogP contribution in [0.25, 0.3) is 5.69 Å². The highest BCUT2D eigenvalue weighted by molar-refractivity contribution is 7.92. The average molecular weight is 421 g/mol. The van der Waals surface area contributed by atoms with E-state index in [1.54, 1.807) is 42.6 Å². The largest absolute Gasteiger partial charge is 0.264 e. The van der Waals surface area contributed by atoms with Crippen LogP contribution in [0.5, 0.6) is 0 Å². The van der Waals surface area contributed by atoms with Gasteiger partial charge in [0.15, 0.2) is 0 Å².